The van der Waals surface area contributed by atoms with Gasteiger partial charge in [-0.1, -0.05) is 11.6 Å². The van der Waals surface area contributed by atoms with Crippen molar-refractivity contribution in [2.75, 3.05) is 6.61 Å². The fourth-order valence-corrected chi connectivity index (χ4v) is 2.86. The Labute approximate surface area is 143 Å². The summed E-state index contributed by atoms with van der Waals surface area (Å²) >= 11 is 5.85. The Kier molecular flexibility index (Phi) is 6.68. The second kappa shape index (κ2) is 7.68. The van der Waals surface area contributed by atoms with E-state index in [1.807, 2.05) is 0 Å². The molecule has 0 radical (unpaired) electrons. The van der Waals surface area contributed by atoms with E-state index < -0.39 is 33.1 Å². The van der Waals surface area contributed by atoms with Crippen molar-refractivity contribution in [3.8, 4) is 0 Å². The number of nitrogens with zero attached hydrogens (tertiary/aromatic N) is 1. The van der Waals surface area contributed by atoms with Gasteiger partial charge in [0.25, 0.3) is 0 Å². The van der Waals surface area contributed by atoms with Gasteiger partial charge in [0, 0.05) is 0 Å². The molecule has 0 aliphatic carbocycles. The molecule has 0 aliphatic rings. The minimum Gasteiger partial charge on any atom is -0.466 e. The van der Waals surface area contributed by atoms with Crippen LogP contribution in [0.15, 0.2) is 12.1 Å². The van der Waals surface area contributed by atoms with Crippen LogP contribution in [0.1, 0.15) is 46.7 Å². The fourth-order valence-electron chi connectivity index (χ4n) is 1.83. The molecular formula is C15H22ClFN2O3S. The van der Waals surface area contributed by atoms with Gasteiger partial charge in [0.05, 0.1) is 40.0 Å². The lowest BCUT2D eigenvalue weighted by atomic mass is 9.94. The molecule has 2 unspecified atom stereocenters. The minimum atomic E-state index is -1.55. The van der Waals surface area contributed by atoms with Crippen LogP contribution in [0.25, 0.3) is 0 Å². The van der Waals surface area contributed by atoms with Crippen molar-refractivity contribution in [1.29, 1.82) is 0 Å². The van der Waals surface area contributed by atoms with Crippen LogP contribution in [0.2, 0.25) is 5.15 Å². The summed E-state index contributed by atoms with van der Waals surface area (Å²) in [7, 11) is -1.55. The number of pyridine rings is 1. The summed E-state index contributed by atoms with van der Waals surface area (Å²) in [6.07, 6.45) is -0.229. The van der Waals surface area contributed by atoms with Gasteiger partial charge < -0.3 is 4.74 Å². The molecule has 1 rings (SSSR count). The first kappa shape index (κ1) is 20.0. The van der Waals surface area contributed by atoms with Gasteiger partial charge >= 0.3 is 5.97 Å². The number of esters is 1. The molecule has 0 saturated heterocycles. The number of carbonyl (C=O) groups excluding carboxylic acids is 1. The van der Waals surface area contributed by atoms with E-state index in [1.165, 1.54) is 6.07 Å². The normalized spacial score (nSPS) is 15.8. The number of rotatable bonds is 6. The molecule has 0 spiro atoms. The van der Waals surface area contributed by atoms with Crippen LogP contribution in [0.4, 0.5) is 4.39 Å². The van der Waals surface area contributed by atoms with Crippen LogP contribution in [0, 0.1) is 5.82 Å². The van der Waals surface area contributed by atoms with Gasteiger partial charge in [-0.3, -0.25) is 4.79 Å². The zero-order valence-corrected chi connectivity index (χ0v) is 15.5. The number of ether oxygens (including phenoxy) is 1. The predicted octanol–water partition coefficient (Wildman–Crippen LogP) is 3.09. The molecular weight excluding hydrogens is 343 g/mol. The largest absolute Gasteiger partial charge is 0.466 e. The highest BCUT2D eigenvalue weighted by atomic mass is 35.5. The van der Waals surface area contributed by atoms with E-state index in [4.69, 9.17) is 16.3 Å². The molecule has 0 amide bonds. The van der Waals surface area contributed by atoms with E-state index in [1.54, 1.807) is 34.6 Å². The third kappa shape index (κ3) is 5.51. The van der Waals surface area contributed by atoms with Crippen LogP contribution in [0.3, 0.4) is 0 Å². The van der Waals surface area contributed by atoms with Crippen molar-refractivity contribution in [3.63, 3.8) is 0 Å². The SMILES string of the molecule is CCOC(=O)CC(C)(NS(=O)C(C)(C)C)c1nc(Cl)ccc1F. The Morgan fingerprint density at radius 1 is 1.39 bits per heavy atom. The highest BCUT2D eigenvalue weighted by molar-refractivity contribution is 7.84. The summed E-state index contributed by atoms with van der Waals surface area (Å²) in [6, 6.07) is 2.47. The molecule has 0 bridgehead atoms. The van der Waals surface area contributed by atoms with Gasteiger partial charge in [-0.2, -0.15) is 0 Å². The van der Waals surface area contributed by atoms with Crippen LogP contribution in [-0.4, -0.2) is 26.5 Å². The summed E-state index contributed by atoms with van der Waals surface area (Å²) in [4.78, 5) is 15.9. The summed E-state index contributed by atoms with van der Waals surface area (Å²) in [5, 5.41) is 0.0832. The molecule has 5 nitrogen and oxygen atoms in total. The average molecular weight is 365 g/mol. The van der Waals surface area contributed by atoms with E-state index in [9.17, 15) is 13.4 Å². The zero-order chi connectivity index (χ0) is 17.8. The summed E-state index contributed by atoms with van der Waals surface area (Å²) < 4.78 is 33.8. The number of hydrogen-bond acceptors (Lipinski definition) is 4. The molecule has 0 aromatic carbocycles. The first-order chi connectivity index (χ1) is 10.5. The number of hydrogen-bond donors (Lipinski definition) is 1. The predicted molar refractivity (Wildman–Crippen MR) is 88.8 cm³/mol. The molecule has 1 N–H and O–H groups in total. The Bertz CT molecular complexity index is 607. The van der Waals surface area contributed by atoms with E-state index in [-0.39, 0.29) is 23.9 Å². The lowest BCUT2D eigenvalue weighted by molar-refractivity contribution is -0.144. The van der Waals surface area contributed by atoms with Gasteiger partial charge in [0.2, 0.25) is 0 Å². The Morgan fingerprint density at radius 3 is 2.52 bits per heavy atom. The molecule has 23 heavy (non-hydrogen) atoms. The second-order valence-corrected chi connectivity index (χ2v) is 8.62. The third-order valence-corrected chi connectivity index (χ3v) is 4.97. The number of halogens is 2. The monoisotopic (exact) mass is 364 g/mol. The molecule has 2 atom stereocenters. The van der Waals surface area contributed by atoms with Crippen molar-refractivity contribution in [2.45, 2.75) is 51.3 Å². The topological polar surface area (TPSA) is 68.3 Å². The van der Waals surface area contributed by atoms with E-state index in [0.717, 1.165) is 6.07 Å². The number of aromatic nitrogens is 1. The van der Waals surface area contributed by atoms with Gasteiger partial charge in [-0.15, -0.1) is 0 Å². The lowest BCUT2D eigenvalue weighted by Gasteiger charge is -2.32. The Hall–Kier alpha value is -1.05. The van der Waals surface area contributed by atoms with Crippen molar-refractivity contribution in [2.24, 2.45) is 0 Å². The van der Waals surface area contributed by atoms with E-state index >= 15 is 0 Å². The maximum absolute atomic E-state index is 14.2. The van der Waals surface area contributed by atoms with Crippen molar-refractivity contribution >= 4 is 28.6 Å². The van der Waals surface area contributed by atoms with Gasteiger partial charge in [-0.05, 0) is 46.8 Å². The first-order valence-electron chi connectivity index (χ1n) is 7.17. The fraction of sp³-hybridized carbons (Fsp3) is 0.600. The van der Waals surface area contributed by atoms with Crippen molar-refractivity contribution in [1.82, 2.24) is 9.71 Å². The quantitative estimate of drug-likeness (QED) is 0.622. The van der Waals surface area contributed by atoms with E-state index in [2.05, 4.69) is 9.71 Å². The smallest absolute Gasteiger partial charge is 0.308 e. The van der Waals surface area contributed by atoms with Crippen LogP contribution in [0.5, 0.6) is 0 Å². The summed E-state index contributed by atoms with van der Waals surface area (Å²) in [6.45, 7) is 8.72. The Morgan fingerprint density at radius 2 is 2.00 bits per heavy atom. The van der Waals surface area contributed by atoms with Gasteiger partial charge in [-0.25, -0.2) is 18.3 Å². The second-order valence-electron chi connectivity index (χ2n) is 6.26. The third-order valence-electron chi connectivity index (χ3n) is 3.01. The molecule has 1 aromatic rings. The summed E-state index contributed by atoms with van der Waals surface area (Å²) in [5.74, 6) is -1.19. The molecule has 0 aliphatic heterocycles. The van der Waals surface area contributed by atoms with Gasteiger partial charge in [0.15, 0.2) is 0 Å². The number of carbonyl (C=O) groups is 1. The summed E-state index contributed by atoms with van der Waals surface area (Å²) in [5.41, 5.74) is -1.39. The lowest BCUT2D eigenvalue weighted by Crippen LogP contribution is -2.48. The highest BCUT2D eigenvalue weighted by Gasteiger charge is 2.38. The van der Waals surface area contributed by atoms with Gasteiger partial charge in [0.1, 0.15) is 11.0 Å². The molecule has 8 heteroatoms. The maximum atomic E-state index is 14.2. The van der Waals surface area contributed by atoms with Crippen LogP contribution >= 0.6 is 11.6 Å². The van der Waals surface area contributed by atoms with E-state index in [0.29, 0.717) is 0 Å². The van der Waals surface area contributed by atoms with Crippen LogP contribution in [-0.2, 0) is 26.1 Å². The maximum Gasteiger partial charge on any atom is 0.308 e. The standard InChI is InChI=1S/C15H22ClFN2O3S/c1-6-22-12(20)9-15(5,19-23(21)14(2,3)4)13-10(17)7-8-11(16)18-13/h7-8,19H,6,9H2,1-5H3. The molecule has 1 heterocycles. The number of nitrogens with one attached hydrogen (secondary N) is 1. The first-order valence-corrected chi connectivity index (χ1v) is 8.70. The zero-order valence-electron chi connectivity index (χ0n) is 13.9. The minimum absolute atomic E-state index is 0.0735. The molecule has 0 saturated carbocycles. The van der Waals surface area contributed by atoms with Crippen LogP contribution < -0.4 is 4.72 Å². The van der Waals surface area contributed by atoms with Crippen molar-refractivity contribution < 1.29 is 18.1 Å². The average Bonchev–Trinajstić information content (AvgIpc) is 2.40. The highest BCUT2D eigenvalue weighted by Crippen LogP contribution is 2.29. The Balaban J connectivity index is 3.27. The molecule has 1 aromatic heterocycles. The van der Waals surface area contributed by atoms with Crippen molar-refractivity contribution in [3.05, 3.63) is 28.8 Å². The molecule has 130 valence electrons. The molecule has 0 fully saturated rings.